The summed E-state index contributed by atoms with van der Waals surface area (Å²) >= 11 is 0. The molecule has 2 aliphatic heterocycles. The molecular weight excluding hydrogens is 460 g/mol. The van der Waals surface area contributed by atoms with Crippen LogP contribution in [0.4, 0.5) is 0 Å². The van der Waals surface area contributed by atoms with E-state index >= 15 is 0 Å². The second-order valence-corrected chi connectivity index (χ2v) is 10.0. The van der Waals surface area contributed by atoms with Gasteiger partial charge in [0.15, 0.2) is 5.75 Å². The number of hydrogen-bond acceptors (Lipinski definition) is 6. The summed E-state index contributed by atoms with van der Waals surface area (Å²) < 4.78 is 13.7. The molecule has 2 bridgehead atoms. The van der Waals surface area contributed by atoms with Crippen LogP contribution in [0.3, 0.4) is 0 Å². The molecule has 36 heavy (non-hydrogen) atoms. The molecule has 2 saturated heterocycles. The first kappa shape index (κ1) is 22.6. The minimum absolute atomic E-state index is 0.0618. The standard InChI is InChI=1S/C27H28N4O5/c1-14-19(26(33)31-16-5-8-22(31)27(3,34)12-16)13-30-24(14)20(9-10-29-30)36-17-6-7-18-21(11-17)35-15(2)23(18)25(32)28-4/h6-7,9-11,13,16,22,34H,5,8,12H2,1-4H3,(H,28,32)/t16-,22+,27+/m0/s1. The maximum absolute atomic E-state index is 13.6. The number of furan rings is 1. The number of amides is 2. The van der Waals surface area contributed by atoms with Gasteiger partial charge in [0.05, 0.1) is 29.0 Å². The molecule has 0 aliphatic carbocycles. The van der Waals surface area contributed by atoms with E-state index in [1.807, 2.05) is 18.7 Å². The zero-order valence-corrected chi connectivity index (χ0v) is 20.7. The molecule has 4 aromatic rings. The van der Waals surface area contributed by atoms with Gasteiger partial charge in [0.25, 0.3) is 11.8 Å². The number of fused-ring (bicyclic) bond motifs is 4. The summed E-state index contributed by atoms with van der Waals surface area (Å²) in [6.45, 7) is 5.47. The number of aryl methyl sites for hydroxylation is 2. The van der Waals surface area contributed by atoms with E-state index in [4.69, 9.17) is 9.15 Å². The van der Waals surface area contributed by atoms with Crippen molar-refractivity contribution >= 4 is 28.3 Å². The molecule has 9 heteroatoms. The quantitative estimate of drug-likeness (QED) is 0.450. The van der Waals surface area contributed by atoms with E-state index in [0.717, 1.165) is 18.4 Å². The summed E-state index contributed by atoms with van der Waals surface area (Å²) in [5.41, 5.74) is 2.23. The lowest BCUT2D eigenvalue weighted by molar-refractivity contribution is 0.0185. The van der Waals surface area contributed by atoms with E-state index in [1.165, 1.54) is 0 Å². The number of aliphatic hydroxyl groups is 1. The van der Waals surface area contributed by atoms with E-state index in [0.29, 0.717) is 51.3 Å². The Morgan fingerprint density at radius 2 is 2.06 bits per heavy atom. The van der Waals surface area contributed by atoms with Crippen molar-refractivity contribution in [1.82, 2.24) is 19.8 Å². The zero-order valence-electron chi connectivity index (χ0n) is 20.7. The van der Waals surface area contributed by atoms with Gasteiger partial charge in [-0.15, -0.1) is 0 Å². The second kappa shape index (κ2) is 7.83. The van der Waals surface area contributed by atoms with Crippen LogP contribution in [0.25, 0.3) is 16.5 Å². The van der Waals surface area contributed by atoms with Gasteiger partial charge in [0, 0.05) is 36.8 Å². The maximum atomic E-state index is 13.6. The first-order valence-electron chi connectivity index (χ1n) is 12.1. The number of carbonyl (C=O) groups excluding carboxylic acids is 2. The van der Waals surface area contributed by atoms with Crippen LogP contribution in [0, 0.1) is 13.8 Å². The number of ether oxygens (including phenoxy) is 1. The first-order valence-corrected chi connectivity index (χ1v) is 12.1. The lowest BCUT2D eigenvalue weighted by atomic mass is 9.87. The Bertz CT molecular complexity index is 1550. The molecule has 186 valence electrons. The highest BCUT2D eigenvalue weighted by atomic mass is 16.5. The van der Waals surface area contributed by atoms with E-state index in [2.05, 4.69) is 10.4 Å². The number of nitrogens with zero attached hydrogens (tertiary/aromatic N) is 3. The van der Waals surface area contributed by atoms with E-state index in [1.54, 1.807) is 55.1 Å². The molecule has 3 atom stereocenters. The Hall–Kier alpha value is -3.85. The molecule has 2 aliphatic rings. The van der Waals surface area contributed by atoms with Crippen molar-refractivity contribution in [2.75, 3.05) is 7.05 Å². The summed E-state index contributed by atoms with van der Waals surface area (Å²) in [5, 5.41) is 18.5. The highest BCUT2D eigenvalue weighted by Crippen LogP contribution is 2.45. The number of nitrogens with one attached hydrogen (secondary N) is 1. The highest BCUT2D eigenvalue weighted by molar-refractivity contribution is 6.07. The molecule has 2 N–H and O–H groups in total. The molecule has 0 spiro atoms. The van der Waals surface area contributed by atoms with Crippen molar-refractivity contribution in [1.29, 1.82) is 0 Å². The molecule has 3 aromatic heterocycles. The van der Waals surface area contributed by atoms with E-state index < -0.39 is 5.60 Å². The van der Waals surface area contributed by atoms with Crippen LogP contribution in [-0.4, -0.2) is 56.2 Å². The second-order valence-electron chi connectivity index (χ2n) is 10.0. The van der Waals surface area contributed by atoms with Gasteiger partial charge < -0.3 is 24.5 Å². The Kier molecular flexibility index (Phi) is 4.91. The van der Waals surface area contributed by atoms with Crippen molar-refractivity contribution in [3.63, 3.8) is 0 Å². The number of carbonyl (C=O) groups is 2. The third kappa shape index (κ3) is 3.22. The molecule has 5 heterocycles. The van der Waals surface area contributed by atoms with E-state index in [9.17, 15) is 14.7 Å². The van der Waals surface area contributed by atoms with Gasteiger partial charge in [-0.25, -0.2) is 4.52 Å². The Labute approximate surface area is 207 Å². The minimum Gasteiger partial charge on any atom is -0.460 e. The monoisotopic (exact) mass is 488 g/mol. The van der Waals surface area contributed by atoms with Gasteiger partial charge in [-0.05, 0) is 57.7 Å². The van der Waals surface area contributed by atoms with Crippen LogP contribution in [0.15, 0.2) is 41.1 Å². The summed E-state index contributed by atoms with van der Waals surface area (Å²) in [6, 6.07) is 7.00. The average molecular weight is 489 g/mol. The normalized spacial score (nSPS) is 23.1. The number of aromatic nitrogens is 2. The SMILES string of the molecule is CNC(=O)c1c(C)oc2cc(Oc3ccnn4cc(C(=O)N5[C@H]6CC[C@@H]5[C@](C)(O)C6)c(C)c34)ccc12. The molecule has 0 saturated carbocycles. The first-order chi connectivity index (χ1) is 17.2. The van der Waals surface area contributed by atoms with Crippen molar-refractivity contribution < 1.29 is 23.8 Å². The maximum Gasteiger partial charge on any atom is 0.256 e. The Balaban J connectivity index is 1.35. The molecule has 2 amide bonds. The number of hydrogen-bond donors (Lipinski definition) is 2. The summed E-state index contributed by atoms with van der Waals surface area (Å²) in [7, 11) is 1.59. The predicted octanol–water partition coefficient (Wildman–Crippen LogP) is 3.98. The van der Waals surface area contributed by atoms with Crippen LogP contribution >= 0.6 is 0 Å². The molecule has 0 unspecified atom stereocenters. The molecular formula is C27H28N4O5. The van der Waals surface area contributed by atoms with Gasteiger partial charge in [0.2, 0.25) is 0 Å². The lowest BCUT2D eigenvalue weighted by Crippen LogP contribution is -2.43. The van der Waals surface area contributed by atoms with Gasteiger partial charge in [-0.1, -0.05) is 0 Å². The van der Waals surface area contributed by atoms with Crippen LogP contribution in [0.1, 0.15) is 58.2 Å². The van der Waals surface area contributed by atoms with Gasteiger partial charge in [-0.3, -0.25) is 9.59 Å². The molecule has 2 fully saturated rings. The summed E-state index contributed by atoms with van der Waals surface area (Å²) in [6.07, 6.45) is 5.71. The zero-order chi connectivity index (χ0) is 25.4. The Morgan fingerprint density at radius 1 is 1.25 bits per heavy atom. The fraction of sp³-hybridized carbons (Fsp3) is 0.370. The predicted molar refractivity (Wildman–Crippen MR) is 133 cm³/mol. The number of rotatable bonds is 4. The van der Waals surface area contributed by atoms with Gasteiger partial charge in [0.1, 0.15) is 22.6 Å². The van der Waals surface area contributed by atoms with Gasteiger partial charge >= 0.3 is 0 Å². The van der Waals surface area contributed by atoms with Crippen molar-refractivity contribution in [2.24, 2.45) is 0 Å². The van der Waals surface area contributed by atoms with Crippen LogP contribution in [0.5, 0.6) is 11.5 Å². The van der Waals surface area contributed by atoms with Crippen molar-refractivity contribution in [3.05, 3.63) is 59.1 Å². The lowest BCUT2D eigenvalue weighted by Gasteiger charge is -2.28. The molecule has 9 nitrogen and oxygen atoms in total. The third-order valence-electron chi connectivity index (χ3n) is 7.74. The largest absolute Gasteiger partial charge is 0.460 e. The minimum atomic E-state index is -0.849. The summed E-state index contributed by atoms with van der Waals surface area (Å²) in [5.74, 6) is 1.34. The molecule has 6 rings (SSSR count). The molecule has 0 radical (unpaired) electrons. The summed E-state index contributed by atoms with van der Waals surface area (Å²) in [4.78, 5) is 27.7. The average Bonchev–Trinajstić information content (AvgIpc) is 3.56. The van der Waals surface area contributed by atoms with Crippen LogP contribution < -0.4 is 10.1 Å². The topological polar surface area (TPSA) is 109 Å². The smallest absolute Gasteiger partial charge is 0.256 e. The third-order valence-corrected chi connectivity index (χ3v) is 7.74. The van der Waals surface area contributed by atoms with Crippen LogP contribution in [-0.2, 0) is 0 Å². The van der Waals surface area contributed by atoms with Crippen molar-refractivity contribution in [3.8, 4) is 11.5 Å². The van der Waals surface area contributed by atoms with Crippen LogP contribution in [0.2, 0.25) is 0 Å². The fourth-order valence-corrected chi connectivity index (χ4v) is 6.07. The highest BCUT2D eigenvalue weighted by Gasteiger charge is 2.54. The van der Waals surface area contributed by atoms with Gasteiger partial charge in [-0.2, -0.15) is 5.10 Å². The van der Waals surface area contributed by atoms with Crippen molar-refractivity contribution in [2.45, 2.75) is 57.7 Å². The molecule has 1 aromatic carbocycles. The Morgan fingerprint density at radius 3 is 2.75 bits per heavy atom. The fourth-order valence-electron chi connectivity index (χ4n) is 6.07. The van der Waals surface area contributed by atoms with E-state index in [-0.39, 0.29) is 23.9 Å². The number of benzene rings is 1.